The number of rotatable bonds is 6. The lowest BCUT2D eigenvalue weighted by Gasteiger charge is -2.22. The normalized spacial score (nSPS) is 19.6. The molecular formula is C21H21N3O6. The van der Waals surface area contributed by atoms with Gasteiger partial charge in [0.1, 0.15) is 17.8 Å². The standard InChI is InChI=1S/C21H21N3O6/c1-21(10-13-7-8-16-17(9-13)30-12-29-16)19(26)24(20(27)23-21)11-18(25)22-14-5-3-4-6-15(14)28-2/h3-9H,10-12H2,1-2H3,(H,22,25)(H,23,27). The van der Waals surface area contributed by atoms with Crippen molar-refractivity contribution in [3.63, 3.8) is 0 Å². The number of carbonyl (C=O) groups is 3. The van der Waals surface area contributed by atoms with Crippen LogP contribution in [0.15, 0.2) is 42.5 Å². The first-order valence-corrected chi connectivity index (χ1v) is 9.35. The molecule has 2 heterocycles. The Morgan fingerprint density at radius 2 is 1.97 bits per heavy atom. The van der Waals surface area contributed by atoms with E-state index in [2.05, 4.69) is 10.6 Å². The highest BCUT2D eigenvalue weighted by Gasteiger charge is 2.48. The van der Waals surface area contributed by atoms with Gasteiger partial charge in [0.25, 0.3) is 5.91 Å². The molecule has 2 aliphatic heterocycles. The number of ether oxygens (including phenoxy) is 3. The highest BCUT2D eigenvalue weighted by Crippen LogP contribution is 2.34. The van der Waals surface area contributed by atoms with E-state index in [1.807, 2.05) is 6.07 Å². The fraction of sp³-hybridized carbons (Fsp3) is 0.286. The number of benzene rings is 2. The van der Waals surface area contributed by atoms with E-state index >= 15 is 0 Å². The predicted molar refractivity (Wildman–Crippen MR) is 107 cm³/mol. The van der Waals surface area contributed by atoms with Crippen LogP contribution in [0, 0.1) is 0 Å². The summed E-state index contributed by atoms with van der Waals surface area (Å²) in [5.74, 6) is 0.743. The summed E-state index contributed by atoms with van der Waals surface area (Å²) < 4.78 is 15.9. The molecule has 0 aromatic heterocycles. The van der Waals surface area contributed by atoms with E-state index in [9.17, 15) is 14.4 Å². The fourth-order valence-corrected chi connectivity index (χ4v) is 3.55. The Morgan fingerprint density at radius 3 is 2.77 bits per heavy atom. The van der Waals surface area contributed by atoms with Crippen LogP contribution in [0.3, 0.4) is 0 Å². The fourth-order valence-electron chi connectivity index (χ4n) is 3.55. The third-order valence-electron chi connectivity index (χ3n) is 5.02. The number of urea groups is 1. The highest BCUT2D eigenvalue weighted by molar-refractivity contribution is 6.10. The molecule has 1 atom stereocenters. The minimum Gasteiger partial charge on any atom is -0.495 e. The highest BCUT2D eigenvalue weighted by atomic mass is 16.7. The Kier molecular flexibility index (Phi) is 4.94. The summed E-state index contributed by atoms with van der Waals surface area (Å²) in [5, 5.41) is 5.37. The SMILES string of the molecule is COc1ccccc1NC(=O)CN1C(=O)NC(C)(Cc2ccc3c(c2)OCO3)C1=O. The minimum absolute atomic E-state index is 0.154. The van der Waals surface area contributed by atoms with E-state index in [0.29, 0.717) is 22.9 Å². The first kappa shape index (κ1) is 19.6. The van der Waals surface area contributed by atoms with Crippen molar-refractivity contribution in [3.05, 3.63) is 48.0 Å². The van der Waals surface area contributed by atoms with Gasteiger partial charge in [-0.15, -0.1) is 0 Å². The molecule has 0 radical (unpaired) electrons. The Labute approximate surface area is 172 Å². The van der Waals surface area contributed by atoms with Gasteiger partial charge in [0.15, 0.2) is 11.5 Å². The van der Waals surface area contributed by atoms with E-state index in [0.717, 1.165) is 10.5 Å². The van der Waals surface area contributed by atoms with Crippen molar-refractivity contribution in [2.24, 2.45) is 0 Å². The van der Waals surface area contributed by atoms with Crippen LogP contribution >= 0.6 is 0 Å². The zero-order valence-corrected chi connectivity index (χ0v) is 16.6. The van der Waals surface area contributed by atoms with Crippen LogP contribution < -0.4 is 24.8 Å². The van der Waals surface area contributed by atoms with Crippen LogP contribution in [0.25, 0.3) is 0 Å². The Hall–Kier alpha value is -3.75. The van der Waals surface area contributed by atoms with Crippen LogP contribution in [-0.4, -0.2) is 48.7 Å². The van der Waals surface area contributed by atoms with E-state index in [1.54, 1.807) is 43.3 Å². The van der Waals surface area contributed by atoms with E-state index in [4.69, 9.17) is 14.2 Å². The number of amides is 4. The van der Waals surface area contributed by atoms with Gasteiger partial charge in [-0.2, -0.15) is 0 Å². The number of nitrogens with one attached hydrogen (secondary N) is 2. The third-order valence-corrected chi connectivity index (χ3v) is 5.02. The zero-order valence-electron chi connectivity index (χ0n) is 16.6. The lowest BCUT2D eigenvalue weighted by Crippen LogP contribution is -2.46. The third kappa shape index (κ3) is 3.61. The molecule has 156 valence electrons. The molecule has 2 N–H and O–H groups in total. The summed E-state index contributed by atoms with van der Waals surface area (Å²) in [7, 11) is 1.49. The number of hydrogen-bond acceptors (Lipinski definition) is 6. The lowest BCUT2D eigenvalue weighted by atomic mass is 9.92. The van der Waals surface area contributed by atoms with Gasteiger partial charge in [0.2, 0.25) is 12.7 Å². The molecule has 0 spiro atoms. The van der Waals surface area contributed by atoms with Crippen LogP contribution in [-0.2, 0) is 16.0 Å². The Balaban J connectivity index is 1.44. The van der Waals surface area contributed by atoms with Gasteiger partial charge in [-0.25, -0.2) is 4.79 Å². The molecule has 4 rings (SSSR count). The van der Waals surface area contributed by atoms with Gasteiger partial charge in [-0.3, -0.25) is 14.5 Å². The van der Waals surface area contributed by atoms with Crippen LogP contribution in [0.1, 0.15) is 12.5 Å². The summed E-state index contributed by atoms with van der Waals surface area (Å²) in [6.45, 7) is 1.39. The van der Waals surface area contributed by atoms with Gasteiger partial charge < -0.3 is 24.8 Å². The second-order valence-electron chi connectivity index (χ2n) is 7.27. The number of fused-ring (bicyclic) bond motifs is 1. The molecule has 0 bridgehead atoms. The number of anilines is 1. The van der Waals surface area contributed by atoms with Crippen LogP contribution in [0.4, 0.5) is 10.5 Å². The molecule has 1 saturated heterocycles. The van der Waals surface area contributed by atoms with Crippen molar-refractivity contribution in [1.82, 2.24) is 10.2 Å². The number of para-hydroxylation sites is 2. The van der Waals surface area contributed by atoms with Crippen LogP contribution in [0.5, 0.6) is 17.2 Å². The maximum Gasteiger partial charge on any atom is 0.325 e. The number of nitrogens with zero attached hydrogens (tertiary/aromatic N) is 1. The predicted octanol–water partition coefficient (Wildman–Crippen LogP) is 1.92. The van der Waals surface area contributed by atoms with E-state index < -0.39 is 29.9 Å². The zero-order chi connectivity index (χ0) is 21.3. The first-order chi connectivity index (χ1) is 14.4. The Morgan fingerprint density at radius 1 is 1.20 bits per heavy atom. The lowest BCUT2D eigenvalue weighted by molar-refractivity contribution is -0.133. The topological polar surface area (TPSA) is 106 Å². The largest absolute Gasteiger partial charge is 0.495 e. The average Bonchev–Trinajstić information content (AvgIpc) is 3.26. The van der Waals surface area contributed by atoms with E-state index in [1.165, 1.54) is 7.11 Å². The molecule has 0 saturated carbocycles. The molecule has 30 heavy (non-hydrogen) atoms. The van der Waals surface area contributed by atoms with Crippen molar-refractivity contribution < 1.29 is 28.6 Å². The molecule has 2 aliphatic rings. The van der Waals surface area contributed by atoms with Gasteiger partial charge in [0, 0.05) is 6.42 Å². The summed E-state index contributed by atoms with van der Waals surface area (Å²) in [6, 6.07) is 11.6. The Bertz CT molecular complexity index is 1020. The quantitative estimate of drug-likeness (QED) is 0.704. The summed E-state index contributed by atoms with van der Waals surface area (Å²) in [6.07, 6.45) is 0.249. The molecule has 2 aromatic carbocycles. The van der Waals surface area contributed by atoms with Gasteiger partial charge in [0.05, 0.1) is 12.8 Å². The average molecular weight is 411 g/mol. The van der Waals surface area contributed by atoms with Crippen molar-refractivity contribution in [2.75, 3.05) is 25.8 Å². The second kappa shape index (κ2) is 7.58. The number of hydrogen-bond donors (Lipinski definition) is 2. The van der Waals surface area contributed by atoms with E-state index in [-0.39, 0.29) is 13.2 Å². The van der Waals surface area contributed by atoms with Gasteiger partial charge in [-0.05, 0) is 36.8 Å². The van der Waals surface area contributed by atoms with Gasteiger partial charge >= 0.3 is 6.03 Å². The minimum atomic E-state index is -1.17. The number of carbonyl (C=O) groups excluding carboxylic acids is 3. The van der Waals surface area contributed by atoms with Crippen molar-refractivity contribution in [1.29, 1.82) is 0 Å². The maximum absolute atomic E-state index is 13.0. The first-order valence-electron chi connectivity index (χ1n) is 9.35. The maximum atomic E-state index is 13.0. The second-order valence-corrected chi connectivity index (χ2v) is 7.27. The molecule has 4 amide bonds. The van der Waals surface area contributed by atoms with Crippen molar-refractivity contribution >= 4 is 23.5 Å². The summed E-state index contributed by atoms with van der Waals surface area (Å²) >= 11 is 0. The molecule has 1 unspecified atom stereocenters. The van der Waals surface area contributed by atoms with Crippen molar-refractivity contribution in [3.8, 4) is 17.2 Å². The molecule has 9 nitrogen and oxygen atoms in total. The molecule has 9 heteroatoms. The van der Waals surface area contributed by atoms with Crippen molar-refractivity contribution in [2.45, 2.75) is 18.9 Å². The smallest absolute Gasteiger partial charge is 0.325 e. The van der Waals surface area contributed by atoms with Gasteiger partial charge in [-0.1, -0.05) is 18.2 Å². The summed E-state index contributed by atoms with van der Waals surface area (Å²) in [4.78, 5) is 38.8. The molecule has 0 aliphatic carbocycles. The monoisotopic (exact) mass is 411 g/mol. The molecular weight excluding hydrogens is 390 g/mol. The molecule has 2 aromatic rings. The number of methoxy groups -OCH3 is 1. The van der Waals surface area contributed by atoms with Crippen LogP contribution in [0.2, 0.25) is 0 Å². The molecule has 1 fully saturated rings. The number of imide groups is 1. The summed E-state index contributed by atoms with van der Waals surface area (Å²) in [5.41, 5.74) is 0.0890.